The van der Waals surface area contributed by atoms with Gasteiger partial charge in [0.2, 0.25) is 11.8 Å². The van der Waals surface area contributed by atoms with Crippen molar-refractivity contribution in [1.29, 1.82) is 0 Å². The Morgan fingerprint density at radius 1 is 1.09 bits per heavy atom. The van der Waals surface area contributed by atoms with Gasteiger partial charge in [0.05, 0.1) is 18.9 Å². The number of hydrogen-bond acceptors (Lipinski definition) is 6. The normalized spacial score (nSPS) is 11.6. The second-order valence-corrected chi connectivity index (χ2v) is 7.34. The molecular formula is C25H28N2O5. The number of carbonyl (C=O) groups excluding carboxylic acids is 2. The SMILES string of the molecule is CCOC(=O)C(Cc1ccc(OCCc2nc(-c3ccccc3)oc2C)cc1)NC(C)=O. The van der Waals surface area contributed by atoms with Crippen molar-refractivity contribution in [3.8, 4) is 17.2 Å². The number of oxazole rings is 1. The van der Waals surface area contributed by atoms with E-state index in [1.807, 2.05) is 61.5 Å². The van der Waals surface area contributed by atoms with Gasteiger partial charge >= 0.3 is 5.97 Å². The molecule has 0 aliphatic rings. The largest absolute Gasteiger partial charge is 0.493 e. The molecule has 0 bridgehead atoms. The minimum absolute atomic E-state index is 0.263. The molecule has 1 amide bonds. The molecule has 7 nitrogen and oxygen atoms in total. The topological polar surface area (TPSA) is 90.7 Å². The number of ether oxygens (including phenoxy) is 2. The predicted molar refractivity (Wildman–Crippen MR) is 120 cm³/mol. The molecule has 0 fully saturated rings. The van der Waals surface area contributed by atoms with E-state index in [0.717, 1.165) is 22.6 Å². The Labute approximate surface area is 187 Å². The van der Waals surface area contributed by atoms with Crippen LogP contribution in [-0.2, 0) is 27.2 Å². The third-order valence-corrected chi connectivity index (χ3v) is 4.83. The number of nitrogens with one attached hydrogen (secondary N) is 1. The first-order chi connectivity index (χ1) is 15.5. The van der Waals surface area contributed by atoms with Gasteiger partial charge in [-0.05, 0) is 43.7 Å². The second kappa shape index (κ2) is 11.1. The Morgan fingerprint density at radius 2 is 1.81 bits per heavy atom. The van der Waals surface area contributed by atoms with E-state index in [9.17, 15) is 9.59 Å². The maximum atomic E-state index is 12.1. The van der Waals surface area contributed by atoms with E-state index in [1.165, 1.54) is 6.92 Å². The fourth-order valence-electron chi connectivity index (χ4n) is 3.27. The molecule has 0 aliphatic carbocycles. The summed E-state index contributed by atoms with van der Waals surface area (Å²) >= 11 is 0. The summed E-state index contributed by atoms with van der Waals surface area (Å²) in [6, 6.07) is 16.5. The van der Waals surface area contributed by atoms with E-state index in [-0.39, 0.29) is 12.5 Å². The molecule has 0 spiro atoms. The zero-order valence-electron chi connectivity index (χ0n) is 18.6. The van der Waals surface area contributed by atoms with Gasteiger partial charge in [-0.25, -0.2) is 9.78 Å². The Kier molecular flexibility index (Phi) is 8.02. The third-order valence-electron chi connectivity index (χ3n) is 4.83. The van der Waals surface area contributed by atoms with Gasteiger partial charge in [-0.1, -0.05) is 30.3 Å². The molecule has 168 valence electrons. The van der Waals surface area contributed by atoms with Crippen molar-refractivity contribution < 1.29 is 23.5 Å². The molecule has 0 radical (unpaired) electrons. The first-order valence-electron chi connectivity index (χ1n) is 10.6. The number of nitrogens with zero attached hydrogens (tertiary/aromatic N) is 1. The predicted octanol–water partition coefficient (Wildman–Crippen LogP) is 3.88. The Bertz CT molecular complexity index is 1030. The van der Waals surface area contributed by atoms with Gasteiger partial charge in [-0.3, -0.25) is 4.79 Å². The summed E-state index contributed by atoms with van der Waals surface area (Å²) in [5, 5.41) is 2.64. The van der Waals surface area contributed by atoms with Gasteiger partial charge in [0, 0.05) is 25.3 Å². The Balaban J connectivity index is 1.54. The minimum Gasteiger partial charge on any atom is -0.493 e. The minimum atomic E-state index is -0.715. The van der Waals surface area contributed by atoms with Crippen LogP contribution in [-0.4, -0.2) is 36.1 Å². The summed E-state index contributed by atoms with van der Waals surface area (Å²) in [4.78, 5) is 28.1. The van der Waals surface area contributed by atoms with Gasteiger partial charge in [0.25, 0.3) is 0 Å². The van der Waals surface area contributed by atoms with Crippen molar-refractivity contribution in [3.05, 3.63) is 71.6 Å². The monoisotopic (exact) mass is 436 g/mol. The van der Waals surface area contributed by atoms with Crippen molar-refractivity contribution in [2.75, 3.05) is 13.2 Å². The van der Waals surface area contributed by atoms with Crippen LogP contribution in [0.15, 0.2) is 59.0 Å². The summed E-state index contributed by atoms with van der Waals surface area (Å²) in [6.07, 6.45) is 0.969. The van der Waals surface area contributed by atoms with Crippen LogP contribution in [0.25, 0.3) is 11.5 Å². The molecule has 2 aromatic carbocycles. The van der Waals surface area contributed by atoms with Crippen LogP contribution in [0.4, 0.5) is 0 Å². The molecular weight excluding hydrogens is 408 g/mol. The highest BCUT2D eigenvalue weighted by Gasteiger charge is 2.21. The number of amides is 1. The number of aryl methyl sites for hydroxylation is 1. The van der Waals surface area contributed by atoms with Crippen LogP contribution in [0.2, 0.25) is 0 Å². The second-order valence-electron chi connectivity index (χ2n) is 7.34. The van der Waals surface area contributed by atoms with E-state index in [4.69, 9.17) is 13.9 Å². The maximum Gasteiger partial charge on any atom is 0.328 e. The van der Waals surface area contributed by atoms with Crippen molar-refractivity contribution in [2.45, 2.75) is 39.7 Å². The zero-order valence-corrected chi connectivity index (χ0v) is 18.6. The van der Waals surface area contributed by atoms with Gasteiger partial charge in [0.1, 0.15) is 17.6 Å². The van der Waals surface area contributed by atoms with Crippen LogP contribution in [0.5, 0.6) is 5.75 Å². The first kappa shape index (κ1) is 23.1. The fourth-order valence-corrected chi connectivity index (χ4v) is 3.27. The summed E-state index contributed by atoms with van der Waals surface area (Å²) < 4.78 is 16.7. The van der Waals surface area contributed by atoms with E-state index in [1.54, 1.807) is 6.92 Å². The standard InChI is InChI=1S/C25H28N2O5/c1-4-30-25(29)23(26-18(3)28)16-19-10-12-21(13-11-19)31-15-14-22-17(2)32-24(27-22)20-8-6-5-7-9-20/h5-13,23H,4,14-16H2,1-3H3,(H,26,28). The van der Waals surface area contributed by atoms with Crippen LogP contribution in [0, 0.1) is 6.92 Å². The lowest BCUT2D eigenvalue weighted by Gasteiger charge is -2.16. The molecule has 7 heteroatoms. The highest BCUT2D eigenvalue weighted by molar-refractivity contribution is 5.83. The molecule has 0 aliphatic heterocycles. The molecule has 1 aromatic heterocycles. The molecule has 0 saturated heterocycles. The summed E-state index contributed by atoms with van der Waals surface area (Å²) in [7, 11) is 0. The van der Waals surface area contributed by atoms with E-state index >= 15 is 0 Å². The number of esters is 1. The number of rotatable bonds is 10. The number of aromatic nitrogens is 1. The van der Waals surface area contributed by atoms with Crippen LogP contribution < -0.4 is 10.1 Å². The van der Waals surface area contributed by atoms with Crippen LogP contribution >= 0.6 is 0 Å². The molecule has 3 rings (SSSR count). The number of hydrogen-bond donors (Lipinski definition) is 1. The quantitative estimate of drug-likeness (QED) is 0.485. The summed E-state index contributed by atoms with van der Waals surface area (Å²) in [5.74, 6) is 1.39. The number of carbonyl (C=O) groups is 2. The number of benzene rings is 2. The Hall–Kier alpha value is -3.61. The van der Waals surface area contributed by atoms with Gasteiger partial charge in [-0.2, -0.15) is 0 Å². The van der Waals surface area contributed by atoms with Crippen molar-refractivity contribution >= 4 is 11.9 Å². The molecule has 1 unspecified atom stereocenters. The zero-order chi connectivity index (χ0) is 22.9. The van der Waals surface area contributed by atoms with E-state index < -0.39 is 12.0 Å². The lowest BCUT2D eigenvalue weighted by molar-refractivity contribution is -0.147. The maximum absolute atomic E-state index is 12.1. The van der Waals surface area contributed by atoms with Crippen molar-refractivity contribution in [3.63, 3.8) is 0 Å². The van der Waals surface area contributed by atoms with E-state index in [2.05, 4.69) is 10.3 Å². The van der Waals surface area contributed by atoms with Crippen molar-refractivity contribution in [1.82, 2.24) is 10.3 Å². The first-order valence-corrected chi connectivity index (χ1v) is 10.6. The lowest BCUT2D eigenvalue weighted by atomic mass is 10.1. The smallest absolute Gasteiger partial charge is 0.328 e. The molecule has 32 heavy (non-hydrogen) atoms. The molecule has 0 saturated carbocycles. The molecule has 3 aromatic rings. The van der Waals surface area contributed by atoms with Crippen LogP contribution in [0.3, 0.4) is 0 Å². The van der Waals surface area contributed by atoms with Gasteiger partial charge in [-0.15, -0.1) is 0 Å². The average Bonchev–Trinajstić information content (AvgIpc) is 3.15. The van der Waals surface area contributed by atoms with E-state index in [0.29, 0.717) is 31.1 Å². The third kappa shape index (κ3) is 6.44. The molecule has 1 heterocycles. The lowest BCUT2D eigenvalue weighted by Crippen LogP contribution is -2.42. The van der Waals surface area contributed by atoms with Gasteiger partial charge < -0.3 is 19.2 Å². The highest BCUT2D eigenvalue weighted by atomic mass is 16.5. The summed E-state index contributed by atoms with van der Waals surface area (Å²) in [6.45, 7) is 5.73. The highest BCUT2D eigenvalue weighted by Crippen LogP contribution is 2.22. The average molecular weight is 437 g/mol. The molecule has 1 N–H and O–H groups in total. The van der Waals surface area contributed by atoms with Crippen LogP contribution in [0.1, 0.15) is 30.9 Å². The fraction of sp³-hybridized carbons (Fsp3) is 0.320. The molecule has 1 atom stereocenters. The Morgan fingerprint density at radius 3 is 2.47 bits per heavy atom. The summed E-state index contributed by atoms with van der Waals surface area (Å²) in [5.41, 5.74) is 2.70. The van der Waals surface area contributed by atoms with Gasteiger partial charge in [0.15, 0.2) is 0 Å². The van der Waals surface area contributed by atoms with Crippen molar-refractivity contribution in [2.24, 2.45) is 0 Å².